The molecule has 0 unspecified atom stereocenters. The van der Waals surface area contributed by atoms with Crippen LogP contribution in [0.25, 0.3) is 22.2 Å². The van der Waals surface area contributed by atoms with Crippen LogP contribution in [-0.4, -0.2) is 13.0 Å². The molecular formula is C23H23NO6S2. The molecule has 0 fully saturated rings. The lowest BCUT2D eigenvalue weighted by molar-refractivity contribution is -0.683. The predicted octanol–water partition coefficient (Wildman–Crippen LogP) is 3.76. The normalized spacial score (nSPS) is 11.3. The fourth-order valence-electron chi connectivity index (χ4n) is 3.32. The van der Waals surface area contributed by atoms with Crippen molar-refractivity contribution in [3.63, 3.8) is 0 Å². The smallest absolute Gasteiger partial charge is 0.294 e. The molecule has 0 amide bonds. The Morgan fingerprint density at radius 2 is 1.75 bits per heavy atom. The molecule has 0 bridgehead atoms. The molecule has 0 saturated heterocycles. The molecule has 0 atom stereocenters. The van der Waals surface area contributed by atoms with Crippen LogP contribution in [0.3, 0.4) is 0 Å². The summed E-state index contributed by atoms with van der Waals surface area (Å²) in [7, 11) is -4.02. The van der Waals surface area contributed by atoms with E-state index in [4.69, 9.17) is 8.97 Å². The van der Waals surface area contributed by atoms with E-state index in [9.17, 15) is 18.3 Å². The molecule has 32 heavy (non-hydrogen) atoms. The SMILES string of the molecule is CC[n+]1c(-c2c(C)oc3cc([O-])ccc3c2=O)csc1C.Cc1ccc(S(=O)(=O)O)cc1. The summed E-state index contributed by atoms with van der Waals surface area (Å²) >= 11 is 1.61. The number of fused-ring (bicyclic) bond motifs is 1. The van der Waals surface area contributed by atoms with Gasteiger partial charge in [-0.05, 0) is 45.0 Å². The Kier molecular flexibility index (Phi) is 6.82. The van der Waals surface area contributed by atoms with Crippen LogP contribution in [-0.2, 0) is 16.7 Å². The Morgan fingerprint density at radius 1 is 1.09 bits per heavy atom. The third kappa shape index (κ3) is 4.90. The zero-order chi connectivity index (χ0) is 23.6. The second-order valence-corrected chi connectivity index (χ2v) is 9.68. The second-order valence-electron chi connectivity index (χ2n) is 7.19. The van der Waals surface area contributed by atoms with Gasteiger partial charge in [0, 0.05) is 6.92 Å². The van der Waals surface area contributed by atoms with E-state index < -0.39 is 10.1 Å². The molecule has 0 aliphatic rings. The Hall–Kier alpha value is -3.01. The van der Waals surface area contributed by atoms with Crippen LogP contribution < -0.4 is 15.1 Å². The third-order valence-corrected chi connectivity index (χ3v) is 6.71. The first-order valence-corrected chi connectivity index (χ1v) is 12.1. The molecule has 1 N–H and O–H groups in total. The topological polar surface area (TPSA) is 112 Å². The van der Waals surface area contributed by atoms with E-state index in [0.29, 0.717) is 22.3 Å². The molecule has 0 aliphatic heterocycles. The Morgan fingerprint density at radius 3 is 2.34 bits per heavy atom. The Labute approximate surface area is 190 Å². The van der Waals surface area contributed by atoms with E-state index in [0.717, 1.165) is 22.8 Å². The predicted molar refractivity (Wildman–Crippen MR) is 122 cm³/mol. The van der Waals surface area contributed by atoms with Gasteiger partial charge in [-0.2, -0.15) is 13.0 Å². The minimum absolute atomic E-state index is 0.0666. The summed E-state index contributed by atoms with van der Waals surface area (Å²) in [6.07, 6.45) is 0. The van der Waals surface area contributed by atoms with E-state index in [2.05, 4.69) is 4.57 Å². The third-order valence-electron chi connectivity index (χ3n) is 4.94. The van der Waals surface area contributed by atoms with E-state index in [-0.39, 0.29) is 16.1 Å². The van der Waals surface area contributed by atoms with Crippen molar-refractivity contribution in [2.75, 3.05) is 0 Å². The lowest BCUT2D eigenvalue weighted by atomic mass is 10.1. The molecule has 2 heterocycles. The molecule has 0 aliphatic carbocycles. The van der Waals surface area contributed by atoms with Gasteiger partial charge in [0.15, 0.2) is 0 Å². The monoisotopic (exact) mass is 473 g/mol. The van der Waals surface area contributed by atoms with Crippen LogP contribution in [0.2, 0.25) is 0 Å². The van der Waals surface area contributed by atoms with Crippen molar-refractivity contribution in [1.82, 2.24) is 0 Å². The highest BCUT2D eigenvalue weighted by molar-refractivity contribution is 7.85. The molecule has 0 radical (unpaired) electrons. The van der Waals surface area contributed by atoms with Crippen LogP contribution in [0.15, 0.2) is 62.0 Å². The van der Waals surface area contributed by atoms with Gasteiger partial charge < -0.3 is 9.52 Å². The van der Waals surface area contributed by atoms with Crippen LogP contribution in [0.1, 0.15) is 23.3 Å². The highest BCUT2D eigenvalue weighted by Crippen LogP contribution is 2.25. The van der Waals surface area contributed by atoms with Crippen molar-refractivity contribution in [2.45, 2.75) is 39.1 Å². The fraction of sp³-hybridized carbons (Fsp3) is 0.217. The number of aryl methyl sites for hydroxylation is 3. The summed E-state index contributed by atoms with van der Waals surface area (Å²) < 4.78 is 37.4. The second kappa shape index (κ2) is 9.23. The molecule has 4 aromatic rings. The minimum Gasteiger partial charge on any atom is -0.872 e. The summed E-state index contributed by atoms with van der Waals surface area (Å²) in [4.78, 5) is 12.7. The van der Waals surface area contributed by atoms with Gasteiger partial charge >= 0.3 is 0 Å². The van der Waals surface area contributed by atoms with Gasteiger partial charge in [0.2, 0.25) is 16.1 Å². The molecule has 9 heteroatoms. The highest BCUT2D eigenvalue weighted by Gasteiger charge is 2.24. The Bertz CT molecular complexity index is 1430. The van der Waals surface area contributed by atoms with Crippen molar-refractivity contribution < 1.29 is 27.1 Å². The average molecular weight is 474 g/mol. The van der Waals surface area contributed by atoms with Crippen LogP contribution in [0.4, 0.5) is 0 Å². The molecular weight excluding hydrogens is 450 g/mol. The maximum atomic E-state index is 12.8. The molecule has 0 saturated carbocycles. The summed E-state index contributed by atoms with van der Waals surface area (Å²) in [6, 6.07) is 10.3. The molecule has 168 valence electrons. The molecule has 2 aromatic carbocycles. The van der Waals surface area contributed by atoms with E-state index in [1.807, 2.05) is 26.2 Å². The van der Waals surface area contributed by atoms with Crippen LogP contribution in [0.5, 0.6) is 5.75 Å². The Balaban J connectivity index is 0.000000222. The van der Waals surface area contributed by atoms with Crippen LogP contribution >= 0.6 is 11.3 Å². The summed E-state index contributed by atoms with van der Waals surface area (Å²) in [5.41, 5.74) is 2.67. The molecule has 0 spiro atoms. The zero-order valence-corrected chi connectivity index (χ0v) is 19.7. The number of nitrogens with zero attached hydrogens (tertiary/aromatic N) is 1. The van der Waals surface area contributed by atoms with Gasteiger partial charge in [0.1, 0.15) is 23.5 Å². The quantitative estimate of drug-likeness (QED) is 0.358. The zero-order valence-electron chi connectivity index (χ0n) is 18.1. The molecule has 4 rings (SSSR count). The first-order chi connectivity index (χ1) is 15.0. The van der Waals surface area contributed by atoms with Crippen LogP contribution in [0, 0.1) is 20.8 Å². The van der Waals surface area contributed by atoms with Crippen molar-refractivity contribution in [1.29, 1.82) is 0 Å². The van der Waals surface area contributed by atoms with Gasteiger partial charge in [-0.15, -0.1) is 5.75 Å². The average Bonchev–Trinajstić information content (AvgIpc) is 3.08. The number of hydrogen-bond donors (Lipinski definition) is 1. The van der Waals surface area contributed by atoms with E-state index in [1.165, 1.54) is 24.3 Å². The summed E-state index contributed by atoms with van der Waals surface area (Å²) in [5.74, 6) is 0.380. The van der Waals surface area contributed by atoms with Crippen molar-refractivity contribution in [3.05, 3.63) is 74.4 Å². The summed E-state index contributed by atoms with van der Waals surface area (Å²) in [5, 5.41) is 15.0. The highest BCUT2D eigenvalue weighted by atomic mass is 32.2. The first kappa shape index (κ1) is 23.6. The summed E-state index contributed by atoms with van der Waals surface area (Å²) in [6.45, 7) is 8.47. The number of thiazole rings is 1. The van der Waals surface area contributed by atoms with Gasteiger partial charge in [0.05, 0.1) is 15.7 Å². The minimum atomic E-state index is -4.02. The standard InChI is InChI=1S/C16H15NO3S.C7H8O3S/c1-4-17-10(3)21-8-13(17)15-9(2)20-14-7-11(18)5-6-12(14)16(15)19;1-6-2-4-7(5-3-6)11(8,9)10/h5-8H,4H2,1-3H3;2-5H,1H3,(H,8,9,10). The number of rotatable bonds is 3. The lowest BCUT2D eigenvalue weighted by Gasteiger charge is -2.08. The van der Waals surface area contributed by atoms with Gasteiger partial charge in [-0.3, -0.25) is 9.35 Å². The maximum Gasteiger partial charge on any atom is 0.294 e. The first-order valence-electron chi connectivity index (χ1n) is 9.79. The van der Waals surface area contributed by atoms with E-state index >= 15 is 0 Å². The number of aromatic nitrogens is 1. The fourth-order valence-corrected chi connectivity index (χ4v) is 4.68. The van der Waals surface area contributed by atoms with Gasteiger partial charge in [-0.1, -0.05) is 35.1 Å². The molecule has 7 nitrogen and oxygen atoms in total. The van der Waals surface area contributed by atoms with Crippen molar-refractivity contribution in [3.8, 4) is 17.0 Å². The van der Waals surface area contributed by atoms with E-state index in [1.54, 1.807) is 36.5 Å². The number of benzene rings is 2. The maximum absolute atomic E-state index is 12.8. The largest absolute Gasteiger partial charge is 0.872 e. The number of hydrogen-bond acceptors (Lipinski definition) is 6. The van der Waals surface area contributed by atoms with Gasteiger partial charge in [0.25, 0.3) is 10.1 Å². The van der Waals surface area contributed by atoms with Gasteiger partial charge in [-0.25, -0.2) is 0 Å². The van der Waals surface area contributed by atoms with Crippen molar-refractivity contribution >= 4 is 32.4 Å². The van der Waals surface area contributed by atoms with Crippen molar-refractivity contribution in [2.24, 2.45) is 0 Å². The lowest BCUT2D eigenvalue weighted by Crippen LogP contribution is -2.36. The molecule has 2 aromatic heterocycles.